The van der Waals surface area contributed by atoms with Crippen molar-refractivity contribution in [1.82, 2.24) is 19.9 Å². The summed E-state index contributed by atoms with van der Waals surface area (Å²) in [5.74, 6) is 0.0206. The SMILES string of the molecule is CC(C)(C)OC(=O)N1CCC(c2cn(Cc3cccc(F)c3)nn2)CC1. The van der Waals surface area contributed by atoms with E-state index in [-0.39, 0.29) is 17.8 Å². The Balaban J connectivity index is 1.55. The van der Waals surface area contributed by atoms with Gasteiger partial charge in [0.25, 0.3) is 0 Å². The first-order valence-electron chi connectivity index (χ1n) is 8.92. The van der Waals surface area contributed by atoms with E-state index < -0.39 is 5.60 Å². The van der Waals surface area contributed by atoms with Crippen molar-refractivity contribution in [2.75, 3.05) is 13.1 Å². The van der Waals surface area contributed by atoms with Gasteiger partial charge in [-0.05, 0) is 51.3 Å². The van der Waals surface area contributed by atoms with Gasteiger partial charge in [0.05, 0.1) is 12.2 Å². The molecule has 1 aliphatic heterocycles. The molecule has 0 atom stereocenters. The highest BCUT2D eigenvalue weighted by Crippen LogP contribution is 2.27. The largest absolute Gasteiger partial charge is 0.444 e. The van der Waals surface area contributed by atoms with Crippen molar-refractivity contribution in [1.29, 1.82) is 0 Å². The first kappa shape index (κ1) is 18.4. The maximum absolute atomic E-state index is 13.3. The molecule has 140 valence electrons. The Kier molecular flexibility index (Phi) is 5.25. The fourth-order valence-corrected chi connectivity index (χ4v) is 3.08. The number of benzene rings is 1. The maximum atomic E-state index is 13.3. The van der Waals surface area contributed by atoms with Crippen LogP contribution < -0.4 is 0 Å². The third-order valence-corrected chi connectivity index (χ3v) is 4.35. The molecule has 1 aromatic carbocycles. The van der Waals surface area contributed by atoms with Gasteiger partial charge >= 0.3 is 6.09 Å². The van der Waals surface area contributed by atoms with Crippen molar-refractivity contribution in [3.8, 4) is 0 Å². The smallest absolute Gasteiger partial charge is 0.410 e. The van der Waals surface area contributed by atoms with Crippen LogP contribution in [0.25, 0.3) is 0 Å². The Morgan fingerprint density at radius 1 is 1.31 bits per heavy atom. The summed E-state index contributed by atoms with van der Waals surface area (Å²) in [6, 6.07) is 6.48. The van der Waals surface area contributed by atoms with Crippen molar-refractivity contribution < 1.29 is 13.9 Å². The molecule has 0 aliphatic carbocycles. The quantitative estimate of drug-likeness (QED) is 0.839. The number of piperidine rings is 1. The van der Waals surface area contributed by atoms with Crippen LogP contribution in [0.5, 0.6) is 0 Å². The fourth-order valence-electron chi connectivity index (χ4n) is 3.08. The molecule has 3 rings (SSSR count). The maximum Gasteiger partial charge on any atom is 0.410 e. The molecule has 0 spiro atoms. The van der Waals surface area contributed by atoms with Gasteiger partial charge in [-0.2, -0.15) is 0 Å². The number of halogens is 1. The molecule has 1 aromatic heterocycles. The lowest BCUT2D eigenvalue weighted by molar-refractivity contribution is 0.0204. The van der Waals surface area contributed by atoms with Crippen LogP contribution >= 0.6 is 0 Å². The van der Waals surface area contributed by atoms with Crippen LogP contribution in [0, 0.1) is 5.82 Å². The second-order valence-electron chi connectivity index (χ2n) is 7.71. The van der Waals surface area contributed by atoms with E-state index in [9.17, 15) is 9.18 Å². The Morgan fingerprint density at radius 2 is 2.04 bits per heavy atom. The van der Waals surface area contributed by atoms with E-state index in [1.165, 1.54) is 12.1 Å². The molecule has 0 bridgehead atoms. The summed E-state index contributed by atoms with van der Waals surface area (Å²) >= 11 is 0. The highest BCUT2D eigenvalue weighted by Gasteiger charge is 2.28. The van der Waals surface area contributed by atoms with Crippen molar-refractivity contribution in [2.45, 2.75) is 51.7 Å². The molecule has 1 fully saturated rings. The van der Waals surface area contributed by atoms with Crippen molar-refractivity contribution >= 4 is 6.09 Å². The lowest BCUT2D eigenvalue weighted by Crippen LogP contribution is -2.41. The van der Waals surface area contributed by atoms with Gasteiger partial charge in [-0.25, -0.2) is 13.9 Å². The summed E-state index contributed by atoms with van der Waals surface area (Å²) < 4.78 is 20.4. The van der Waals surface area contributed by atoms with Crippen LogP contribution in [-0.2, 0) is 11.3 Å². The second kappa shape index (κ2) is 7.43. The molecule has 2 heterocycles. The molecule has 7 heteroatoms. The summed E-state index contributed by atoms with van der Waals surface area (Å²) in [6.07, 6.45) is 3.32. The molecule has 1 aliphatic rings. The molecule has 6 nitrogen and oxygen atoms in total. The minimum atomic E-state index is -0.479. The van der Waals surface area contributed by atoms with Gasteiger partial charge in [0.1, 0.15) is 11.4 Å². The number of ether oxygens (including phenoxy) is 1. The van der Waals surface area contributed by atoms with E-state index in [0.29, 0.717) is 19.6 Å². The highest BCUT2D eigenvalue weighted by atomic mass is 19.1. The van der Waals surface area contributed by atoms with Crippen LogP contribution in [0.2, 0.25) is 0 Å². The third kappa shape index (κ3) is 4.80. The average Bonchev–Trinajstić information content (AvgIpc) is 3.02. The predicted octanol–water partition coefficient (Wildman–Crippen LogP) is 3.58. The zero-order chi connectivity index (χ0) is 18.7. The molecule has 1 saturated heterocycles. The molecule has 0 radical (unpaired) electrons. The molecule has 1 amide bonds. The van der Waals surface area contributed by atoms with E-state index >= 15 is 0 Å². The number of carbonyl (C=O) groups is 1. The zero-order valence-electron chi connectivity index (χ0n) is 15.5. The molecular weight excluding hydrogens is 335 g/mol. The van der Waals surface area contributed by atoms with Crippen LogP contribution in [0.3, 0.4) is 0 Å². The fraction of sp³-hybridized carbons (Fsp3) is 0.526. The topological polar surface area (TPSA) is 60.2 Å². The molecule has 0 saturated carbocycles. The van der Waals surface area contributed by atoms with Gasteiger partial charge in [-0.1, -0.05) is 17.3 Å². The first-order chi connectivity index (χ1) is 12.3. The van der Waals surface area contributed by atoms with Gasteiger partial charge in [0.15, 0.2) is 0 Å². The van der Waals surface area contributed by atoms with Crippen LogP contribution in [-0.4, -0.2) is 44.7 Å². The minimum Gasteiger partial charge on any atom is -0.444 e. The molecule has 0 unspecified atom stereocenters. The second-order valence-corrected chi connectivity index (χ2v) is 7.71. The zero-order valence-corrected chi connectivity index (χ0v) is 15.5. The molecule has 0 N–H and O–H groups in total. The predicted molar refractivity (Wildman–Crippen MR) is 95.3 cm³/mol. The number of amides is 1. The molecule has 26 heavy (non-hydrogen) atoms. The van der Waals surface area contributed by atoms with Crippen LogP contribution in [0.4, 0.5) is 9.18 Å². The standard InChI is InChI=1S/C19H25FN4O2/c1-19(2,3)26-18(25)23-9-7-15(8-10-23)17-13-24(22-21-17)12-14-5-4-6-16(20)11-14/h4-6,11,13,15H,7-10,12H2,1-3H3. The van der Waals surface area contributed by atoms with Gasteiger partial charge in [0, 0.05) is 25.2 Å². The first-order valence-corrected chi connectivity index (χ1v) is 8.92. The number of hydrogen-bond acceptors (Lipinski definition) is 4. The van der Waals surface area contributed by atoms with E-state index in [2.05, 4.69) is 10.3 Å². The number of rotatable bonds is 3. The highest BCUT2D eigenvalue weighted by molar-refractivity contribution is 5.68. The summed E-state index contributed by atoms with van der Waals surface area (Å²) in [6.45, 7) is 7.39. The monoisotopic (exact) mass is 360 g/mol. The van der Waals surface area contributed by atoms with Crippen LogP contribution in [0.1, 0.15) is 50.8 Å². The number of carbonyl (C=O) groups excluding carboxylic acids is 1. The Bertz CT molecular complexity index is 761. The normalized spacial score (nSPS) is 15.9. The van der Waals surface area contributed by atoms with E-state index in [0.717, 1.165) is 24.1 Å². The number of likely N-dealkylation sites (tertiary alicyclic amines) is 1. The number of aromatic nitrogens is 3. The van der Waals surface area contributed by atoms with Crippen molar-refractivity contribution in [3.63, 3.8) is 0 Å². The number of hydrogen-bond donors (Lipinski definition) is 0. The van der Waals surface area contributed by atoms with Gasteiger partial charge < -0.3 is 9.64 Å². The van der Waals surface area contributed by atoms with Crippen molar-refractivity contribution in [2.24, 2.45) is 0 Å². The molecular formula is C19H25FN4O2. The van der Waals surface area contributed by atoms with E-state index in [1.54, 1.807) is 15.6 Å². The Labute approximate surface area is 152 Å². The summed E-state index contributed by atoms with van der Waals surface area (Å²) in [4.78, 5) is 13.9. The van der Waals surface area contributed by atoms with E-state index in [4.69, 9.17) is 4.74 Å². The number of nitrogens with zero attached hydrogens (tertiary/aromatic N) is 4. The van der Waals surface area contributed by atoms with Gasteiger partial charge in [0.2, 0.25) is 0 Å². The molecule has 2 aromatic rings. The van der Waals surface area contributed by atoms with E-state index in [1.807, 2.05) is 33.0 Å². The lowest BCUT2D eigenvalue weighted by atomic mass is 9.94. The lowest BCUT2D eigenvalue weighted by Gasteiger charge is -2.32. The Hall–Kier alpha value is -2.44. The van der Waals surface area contributed by atoms with Gasteiger partial charge in [-0.3, -0.25) is 0 Å². The minimum absolute atomic E-state index is 0.252. The third-order valence-electron chi connectivity index (χ3n) is 4.35. The van der Waals surface area contributed by atoms with Gasteiger partial charge in [-0.15, -0.1) is 5.10 Å². The van der Waals surface area contributed by atoms with Crippen LogP contribution in [0.15, 0.2) is 30.5 Å². The Morgan fingerprint density at radius 3 is 2.69 bits per heavy atom. The summed E-state index contributed by atoms with van der Waals surface area (Å²) in [5.41, 5.74) is 1.29. The van der Waals surface area contributed by atoms with Crippen molar-refractivity contribution in [3.05, 3.63) is 47.5 Å². The summed E-state index contributed by atoms with van der Waals surface area (Å²) in [5, 5.41) is 8.43. The average molecular weight is 360 g/mol. The summed E-state index contributed by atoms with van der Waals surface area (Å²) in [7, 11) is 0.